The minimum absolute atomic E-state index is 0.0419. The molecular formula is C15H23N3O2. The minimum Gasteiger partial charge on any atom is -0.330 e. The summed E-state index contributed by atoms with van der Waals surface area (Å²) in [5.41, 5.74) is 7.73. The molecule has 0 saturated carbocycles. The number of nitrogens with one attached hydrogen (secondary N) is 2. The summed E-state index contributed by atoms with van der Waals surface area (Å²) >= 11 is 0. The second-order valence-electron chi connectivity index (χ2n) is 5.11. The first kappa shape index (κ1) is 16.2. The van der Waals surface area contributed by atoms with Crippen LogP contribution in [0, 0.1) is 12.8 Å². The van der Waals surface area contributed by atoms with Gasteiger partial charge in [0, 0.05) is 23.7 Å². The molecular weight excluding hydrogens is 254 g/mol. The SMILES string of the molecule is Cc1ccc(NC(=O)CCCN)cc1NC(=O)C(C)C. The molecule has 1 aromatic rings. The van der Waals surface area contributed by atoms with E-state index < -0.39 is 0 Å². The number of aryl methyl sites for hydroxylation is 1. The molecule has 5 nitrogen and oxygen atoms in total. The molecule has 20 heavy (non-hydrogen) atoms. The summed E-state index contributed by atoms with van der Waals surface area (Å²) in [6, 6.07) is 5.46. The Morgan fingerprint density at radius 1 is 1.25 bits per heavy atom. The highest BCUT2D eigenvalue weighted by Gasteiger charge is 2.10. The highest BCUT2D eigenvalue weighted by molar-refractivity contribution is 5.95. The Bertz CT molecular complexity index is 484. The molecule has 0 aliphatic rings. The Labute approximate surface area is 119 Å². The highest BCUT2D eigenvalue weighted by atomic mass is 16.2. The van der Waals surface area contributed by atoms with Crippen molar-refractivity contribution in [2.75, 3.05) is 17.2 Å². The van der Waals surface area contributed by atoms with Crippen molar-refractivity contribution in [1.82, 2.24) is 0 Å². The molecule has 0 radical (unpaired) electrons. The van der Waals surface area contributed by atoms with Crippen LogP contribution in [0.3, 0.4) is 0 Å². The van der Waals surface area contributed by atoms with E-state index in [-0.39, 0.29) is 17.7 Å². The van der Waals surface area contributed by atoms with Crippen LogP contribution in [0.25, 0.3) is 0 Å². The van der Waals surface area contributed by atoms with Crippen molar-refractivity contribution in [2.24, 2.45) is 11.7 Å². The van der Waals surface area contributed by atoms with Gasteiger partial charge in [-0.05, 0) is 37.6 Å². The van der Waals surface area contributed by atoms with Gasteiger partial charge in [-0.15, -0.1) is 0 Å². The zero-order valence-electron chi connectivity index (χ0n) is 12.3. The van der Waals surface area contributed by atoms with Crippen LogP contribution in [0.15, 0.2) is 18.2 Å². The number of nitrogens with two attached hydrogens (primary N) is 1. The second kappa shape index (κ2) is 7.65. The van der Waals surface area contributed by atoms with E-state index in [9.17, 15) is 9.59 Å². The molecule has 1 aromatic carbocycles. The standard InChI is InChI=1S/C15H23N3O2/c1-10(2)15(20)18-13-9-12(7-6-11(13)3)17-14(19)5-4-8-16/h6-7,9-10H,4-5,8,16H2,1-3H3,(H,17,19)(H,18,20). The van der Waals surface area contributed by atoms with Crippen molar-refractivity contribution in [3.05, 3.63) is 23.8 Å². The van der Waals surface area contributed by atoms with Crippen molar-refractivity contribution in [1.29, 1.82) is 0 Å². The number of benzene rings is 1. The lowest BCUT2D eigenvalue weighted by Crippen LogP contribution is -2.19. The van der Waals surface area contributed by atoms with Gasteiger partial charge in [0.15, 0.2) is 0 Å². The number of anilines is 2. The Morgan fingerprint density at radius 3 is 2.55 bits per heavy atom. The summed E-state index contributed by atoms with van der Waals surface area (Å²) in [6.07, 6.45) is 1.06. The minimum atomic E-state index is -0.0859. The third-order valence-corrected chi connectivity index (χ3v) is 2.91. The van der Waals surface area contributed by atoms with Gasteiger partial charge in [-0.3, -0.25) is 9.59 Å². The second-order valence-corrected chi connectivity index (χ2v) is 5.11. The van der Waals surface area contributed by atoms with E-state index in [1.807, 2.05) is 32.9 Å². The predicted octanol–water partition coefficient (Wildman–Crippen LogP) is 2.27. The van der Waals surface area contributed by atoms with Crippen molar-refractivity contribution >= 4 is 23.2 Å². The van der Waals surface area contributed by atoms with Crippen molar-refractivity contribution in [2.45, 2.75) is 33.6 Å². The van der Waals surface area contributed by atoms with Gasteiger partial charge in [-0.2, -0.15) is 0 Å². The van der Waals surface area contributed by atoms with Gasteiger partial charge in [0.05, 0.1) is 0 Å². The number of hydrogen-bond donors (Lipinski definition) is 3. The first-order valence-corrected chi connectivity index (χ1v) is 6.85. The first-order chi connectivity index (χ1) is 9.43. The molecule has 0 spiro atoms. The molecule has 110 valence electrons. The first-order valence-electron chi connectivity index (χ1n) is 6.85. The fourth-order valence-corrected chi connectivity index (χ4v) is 1.60. The zero-order chi connectivity index (χ0) is 15.1. The summed E-state index contributed by atoms with van der Waals surface area (Å²) in [5, 5.41) is 5.66. The van der Waals surface area contributed by atoms with Gasteiger partial charge in [-0.25, -0.2) is 0 Å². The molecule has 0 aromatic heterocycles. The third-order valence-electron chi connectivity index (χ3n) is 2.91. The van der Waals surface area contributed by atoms with E-state index in [1.54, 1.807) is 6.07 Å². The monoisotopic (exact) mass is 277 g/mol. The molecule has 4 N–H and O–H groups in total. The van der Waals surface area contributed by atoms with Crippen LogP contribution in [0.4, 0.5) is 11.4 Å². The molecule has 1 rings (SSSR count). The Morgan fingerprint density at radius 2 is 1.95 bits per heavy atom. The van der Waals surface area contributed by atoms with Crippen LogP contribution in [-0.2, 0) is 9.59 Å². The van der Waals surface area contributed by atoms with Gasteiger partial charge in [0.25, 0.3) is 0 Å². The lowest BCUT2D eigenvalue weighted by molar-refractivity contribution is -0.119. The van der Waals surface area contributed by atoms with Crippen LogP contribution in [0.5, 0.6) is 0 Å². The van der Waals surface area contributed by atoms with Gasteiger partial charge < -0.3 is 16.4 Å². The predicted molar refractivity (Wildman–Crippen MR) is 81.6 cm³/mol. The Balaban J connectivity index is 2.75. The summed E-state index contributed by atoms with van der Waals surface area (Å²) in [7, 11) is 0. The van der Waals surface area contributed by atoms with Crippen LogP contribution in [-0.4, -0.2) is 18.4 Å². The molecule has 0 aliphatic carbocycles. The molecule has 0 heterocycles. The maximum Gasteiger partial charge on any atom is 0.226 e. The molecule has 2 amide bonds. The number of carbonyl (C=O) groups is 2. The van der Waals surface area contributed by atoms with Gasteiger partial charge in [-0.1, -0.05) is 19.9 Å². The van der Waals surface area contributed by atoms with Crippen LogP contribution in [0.1, 0.15) is 32.3 Å². The Hall–Kier alpha value is -1.88. The maximum absolute atomic E-state index is 11.7. The Kier molecular flexibility index (Phi) is 6.18. The summed E-state index contributed by atoms with van der Waals surface area (Å²) in [5.74, 6) is -0.197. The zero-order valence-corrected chi connectivity index (χ0v) is 12.3. The third kappa shape index (κ3) is 5.01. The number of carbonyl (C=O) groups excluding carboxylic acids is 2. The molecule has 0 saturated heterocycles. The summed E-state index contributed by atoms with van der Waals surface area (Å²) in [6.45, 7) is 6.08. The molecule has 0 aliphatic heterocycles. The van der Waals surface area contributed by atoms with E-state index in [2.05, 4.69) is 10.6 Å². The fourth-order valence-electron chi connectivity index (χ4n) is 1.60. The van der Waals surface area contributed by atoms with Gasteiger partial charge >= 0.3 is 0 Å². The van der Waals surface area contributed by atoms with Crippen molar-refractivity contribution in [3.63, 3.8) is 0 Å². The van der Waals surface area contributed by atoms with Crippen LogP contribution < -0.4 is 16.4 Å². The van der Waals surface area contributed by atoms with E-state index in [0.29, 0.717) is 25.1 Å². The quantitative estimate of drug-likeness (QED) is 0.745. The number of hydrogen-bond acceptors (Lipinski definition) is 3. The smallest absolute Gasteiger partial charge is 0.226 e. The summed E-state index contributed by atoms with van der Waals surface area (Å²) < 4.78 is 0. The van der Waals surface area contributed by atoms with E-state index in [4.69, 9.17) is 5.73 Å². The highest BCUT2D eigenvalue weighted by Crippen LogP contribution is 2.21. The van der Waals surface area contributed by atoms with Crippen molar-refractivity contribution in [3.8, 4) is 0 Å². The normalized spacial score (nSPS) is 10.4. The summed E-state index contributed by atoms with van der Waals surface area (Å²) in [4.78, 5) is 23.4. The van der Waals surface area contributed by atoms with Crippen LogP contribution in [0.2, 0.25) is 0 Å². The van der Waals surface area contributed by atoms with E-state index in [1.165, 1.54) is 0 Å². The molecule has 0 bridgehead atoms. The topological polar surface area (TPSA) is 84.2 Å². The maximum atomic E-state index is 11.7. The fraction of sp³-hybridized carbons (Fsp3) is 0.467. The van der Waals surface area contributed by atoms with Crippen molar-refractivity contribution < 1.29 is 9.59 Å². The lowest BCUT2D eigenvalue weighted by atomic mass is 10.1. The number of amides is 2. The van der Waals surface area contributed by atoms with Crippen LogP contribution >= 0.6 is 0 Å². The molecule has 0 fully saturated rings. The molecule has 0 unspecified atom stereocenters. The van der Waals surface area contributed by atoms with E-state index in [0.717, 1.165) is 11.3 Å². The van der Waals surface area contributed by atoms with E-state index >= 15 is 0 Å². The number of rotatable bonds is 6. The molecule has 5 heteroatoms. The molecule has 0 atom stereocenters. The average Bonchev–Trinajstić information content (AvgIpc) is 2.40. The lowest BCUT2D eigenvalue weighted by Gasteiger charge is -2.13. The average molecular weight is 277 g/mol. The van der Waals surface area contributed by atoms with Gasteiger partial charge in [0.2, 0.25) is 11.8 Å². The largest absolute Gasteiger partial charge is 0.330 e. The van der Waals surface area contributed by atoms with Gasteiger partial charge in [0.1, 0.15) is 0 Å².